The van der Waals surface area contributed by atoms with Gasteiger partial charge >= 0.3 is 0 Å². The van der Waals surface area contributed by atoms with Crippen LogP contribution in [0.5, 0.6) is 5.75 Å². The molecule has 1 aliphatic heterocycles. The molecule has 8 heteroatoms. The fourth-order valence-corrected chi connectivity index (χ4v) is 3.85. The van der Waals surface area contributed by atoms with Crippen molar-refractivity contribution in [3.8, 4) is 27.7 Å². The minimum absolute atomic E-state index is 0.196. The number of hydrogen-bond acceptors (Lipinski definition) is 7. The molecule has 0 unspecified atom stereocenters. The van der Waals surface area contributed by atoms with E-state index in [-0.39, 0.29) is 5.75 Å². The van der Waals surface area contributed by atoms with Crippen molar-refractivity contribution in [2.75, 3.05) is 31.2 Å². The molecule has 0 radical (unpaired) electrons. The monoisotopic (exact) mass is 379 g/mol. The second kappa shape index (κ2) is 6.64. The zero-order chi connectivity index (χ0) is 18.2. The third-order valence-corrected chi connectivity index (χ3v) is 5.38. The van der Waals surface area contributed by atoms with Crippen molar-refractivity contribution < 1.29 is 9.84 Å². The number of nitrogens with zero attached hydrogens (tertiary/aromatic N) is 4. The topological polar surface area (TPSA) is 87.2 Å². The molecular formula is C19H17N5O2S. The van der Waals surface area contributed by atoms with Gasteiger partial charge in [0.15, 0.2) is 5.65 Å². The highest BCUT2D eigenvalue weighted by Gasteiger charge is 2.20. The zero-order valence-corrected chi connectivity index (χ0v) is 15.2. The van der Waals surface area contributed by atoms with Crippen molar-refractivity contribution in [1.82, 2.24) is 19.9 Å². The van der Waals surface area contributed by atoms with Crippen LogP contribution in [0.1, 0.15) is 0 Å². The van der Waals surface area contributed by atoms with Crippen LogP contribution in [0.4, 0.5) is 5.95 Å². The van der Waals surface area contributed by atoms with Gasteiger partial charge in [-0.05, 0) is 23.6 Å². The van der Waals surface area contributed by atoms with Crippen molar-refractivity contribution in [2.24, 2.45) is 0 Å². The summed E-state index contributed by atoms with van der Waals surface area (Å²) in [5.41, 5.74) is 2.90. The quantitative estimate of drug-likeness (QED) is 0.568. The summed E-state index contributed by atoms with van der Waals surface area (Å²) >= 11 is 1.62. The molecule has 0 spiro atoms. The maximum absolute atomic E-state index is 9.92. The van der Waals surface area contributed by atoms with E-state index < -0.39 is 0 Å². The van der Waals surface area contributed by atoms with Crippen LogP contribution in [0, 0.1) is 0 Å². The Morgan fingerprint density at radius 3 is 2.74 bits per heavy atom. The minimum Gasteiger partial charge on any atom is -0.508 e. The van der Waals surface area contributed by atoms with Gasteiger partial charge in [-0.25, -0.2) is 9.97 Å². The van der Waals surface area contributed by atoms with Crippen molar-refractivity contribution in [2.45, 2.75) is 0 Å². The molecule has 4 heterocycles. The van der Waals surface area contributed by atoms with Crippen LogP contribution >= 0.6 is 11.3 Å². The number of aromatic hydroxyl groups is 1. The van der Waals surface area contributed by atoms with E-state index in [4.69, 9.17) is 19.7 Å². The standard InChI is InChI=1S/C19H17N5O2S/c25-13-4-1-3-12(11-13)15-16-18(22-17(20-16)14-5-2-10-27-14)23-19(21-15)24-6-8-26-9-7-24/h1-5,10-11,25H,6-9H2,(H,20,21,22,23). The van der Waals surface area contributed by atoms with E-state index in [0.717, 1.165) is 29.4 Å². The molecule has 27 heavy (non-hydrogen) atoms. The highest BCUT2D eigenvalue weighted by atomic mass is 32.1. The summed E-state index contributed by atoms with van der Waals surface area (Å²) in [4.78, 5) is 20.8. The maximum atomic E-state index is 9.92. The SMILES string of the molecule is Oc1cccc(-c2nc(N3CCOCC3)nc3[nH]c(-c4cccs4)nc23)c1. The van der Waals surface area contributed by atoms with Gasteiger partial charge in [0.25, 0.3) is 0 Å². The summed E-state index contributed by atoms with van der Waals surface area (Å²) in [6.45, 7) is 2.81. The Hall–Kier alpha value is -2.97. The molecule has 7 nitrogen and oxygen atoms in total. The number of H-pyrrole nitrogens is 1. The molecule has 4 aromatic rings. The Labute approximate surface area is 159 Å². The van der Waals surface area contributed by atoms with E-state index >= 15 is 0 Å². The van der Waals surface area contributed by atoms with E-state index in [0.29, 0.717) is 36.0 Å². The van der Waals surface area contributed by atoms with Crippen molar-refractivity contribution in [1.29, 1.82) is 0 Å². The second-order valence-corrected chi connectivity index (χ2v) is 7.23. The van der Waals surface area contributed by atoms with Gasteiger partial charge in [-0.2, -0.15) is 4.98 Å². The Bertz CT molecular complexity index is 1090. The number of phenols is 1. The van der Waals surface area contributed by atoms with E-state index in [2.05, 4.69) is 9.88 Å². The van der Waals surface area contributed by atoms with Crippen LogP contribution in [0.2, 0.25) is 0 Å². The Kier molecular flexibility index (Phi) is 3.99. The number of anilines is 1. The number of fused-ring (bicyclic) bond motifs is 1. The summed E-state index contributed by atoms with van der Waals surface area (Å²) < 4.78 is 5.44. The Morgan fingerprint density at radius 1 is 1.07 bits per heavy atom. The van der Waals surface area contributed by atoms with E-state index in [1.165, 1.54) is 0 Å². The number of ether oxygens (including phenoxy) is 1. The summed E-state index contributed by atoms with van der Waals surface area (Å²) in [6.07, 6.45) is 0. The molecule has 1 saturated heterocycles. The number of aromatic nitrogens is 4. The van der Waals surface area contributed by atoms with Gasteiger partial charge in [0.2, 0.25) is 5.95 Å². The van der Waals surface area contributed by atoms with E-state index in [9.17, 15) is 5.11 Å². The average molecular weight is 379 g/mol. The van der Waals surface area contributed by atoms with Crippen molar-refractivity contribution >= 4 is 28.4 Å². The van der Waals surface area contributed by atoms with Crippen LogP contribution in [0.3, 0.4) is 0 Å². The smallest absolute Gasteiger partial charge is 0.228 e. The van der Waals surface area contributed by atoms with Gasteiger partial charge in [-0.1, -0.05) is 18.2 Å². The summed E-state index contributed by atoms with van der Waals surface area (Å²) in [7, 11) is 0. The van der Waals surface area contributed by atoms with Gasteiger partial charge < -0.3 is 19.7 Å². The summed E-state index contributed by atoms with van der Waals surface area (Å²) in [5.74, 6) is 1.61. The molecule has 1 aliphatic rings. The average Bonchev–Trinajstić information content (AvgIpc) is 3.37. The molecule has 0 saturated carbocycles. The number of benzene rings is 1. The number of aromatic amines is 1. The molecule has 0 amide bonds. The predicted octanol–water partition coefficient (Wildman–Crippen LogP) is 3.29. The normalized spacial score (nSPS) is 14.7. The van der Waals surface area contributed by atoms with E-state index in [1.807, 2.05) is 23.6 Å². The van der Waals surface area contributed by atoms with Gasteiger partial charge in [-0.15, -0.1) is 11.3 Å². The first kappa shape index (κ1) is 16.2. The number of rotatable bonds is 3. The fourth-order valence-electron chi connectivity index (χ4n) is 3.18. The molecule has 3 aromatic heterocycles. The van der Waals surface area contributed by atoms with Gasteiger partial charge in [-0.3, -0.25) is 0 Å². The molecule has 5 rings (SSSR count). The van der Waals surface area contributed by atoms with Crippen molar-refractivity contribution in [3.63, 3.8) is 0 Å². The third kappa shape index (κ3) is 3.02. The number of imidazole rings is 1. The van der Waals surface area contributed by atoms with E-state index in [1.54, 1.807) is 29.5 Å². The molecule has 2 N–H and O–H groups in total. The molecular weight excluding hydrogens is 362 g/mol. The number of morpholine rings is 1. The largest absolute Gasteiger partial charge is 0.508 e. The third-order valence-electron chi connectivity index (χ3n) is 4.50. The summed E-state index contributed by atoms with van der Waals surface area (Å²) in [5, 5.41) is 11.9. The van der Waals surface area contributed by atoms with Crippen LogP contribution < -0.4 is 4.90 Å². The lowest BCUT2D eigenvalue weighted by molar-refractivity contribution is 0.122. The molecule has 0 aliphatic carbocycles. The molecule has 1 aromatic carbocycles. The lowest BCUT2D eigenvalue weighted by Gasteiger charge is -2.27. The lowest BCUT2D eigenvalue weighted by atomic mass is 10.1. The molecule has 1 fully saturated rings. The van der Waals surface area contributed by atoms with Gasteiger partial charge in [0, 0.05) is 18.7 Å². The molecule has 0 atom stereocenters. The molecule has 136 valence electrons. The predicted molar refractivity (Wildman–Crippen MR) is 105 cm³/mol. The van der Waals surface area contributed by atoms with Crippen LogP contribution in [0.15, 0.2) is 41.8 Å². The van der Waals surface area contributed by atoms with Gasteiger partial charge in [0.05, 0.1) is 18.1 Å². The van der Waals surface area contributed by atoms with Crippen LogP contribution in [-0.4, -0.2) is 51.3 Å². The summed E-state index contributed by atoms with van der Waals surface area (Å²) in [6, 6.07) is 11.1. The van der Waals surface area contributed by atoms with Crippen molar-refractivity contribution in [3.05, 3.63) is 41.8 Å². The first-order chi connectivity index (χ1) is 13.3. The number of thiophene rings is 1. The fraction of sp³-hybridized carbons (Fsp3) is 0.211. The second-order valence-electron chi connectivity index (χ2n) is 6.28. The first-order valence-electron chi connectivity index (χ1n) is 8.72. The number of nitrogens with one attached hydrogen (secondary N) is 1. The first-order valence-corrected chi connectivity index (χ1v) is 9.59. The highest BCUT2D eigenvalue weighted by Crippen LogP contribution is 2.32. The number of phenolic OH excluding ortho intramolecular Hbond substituents is 1. The minimum atomic E-state index is 0.196. The molecule has 0 bridgehead atoms. The lowest BCUT2D eigenvalue weighted by Crippen LogP contribution is -2.37. The van der Waals surface area contributed by atoms with Crippen LogP contribution in [-0.2, 0) is 4.74 Å². The van der Waals surface area contributed by atoms with Crippen LogP contribution in [0.25, 0.3) is 33.1 Å². The Balaban J connectivity index is 1.71. The zero-order valence-electron chi connectivity index (χ0n) is 14.4. The Morgan fingerprint density at radius 2 is 1.96 bits per heavy atom. The number of hydrogen-bond donors (Lipinski definition) is 2. The highest BCUT2D eigenvalue weighted by molar-refractivity contribution is 7.13. The van der Waals surface area contributed by atoms with Gasteiger partial charge in [0.1, 0.15) is 22.8 Å². The maximum Gasteiger partial charge on any atom is 0.228 e.